The highest BCUT2D eigenvalue weighted by atomic mass is 32.2. The number of hydrogen-bond donors (Lipinski definition) is 1. The third-order valence-electron chi connectivity index (χ3n) is 4.24. The van der Waals surface area contributed by atoms with Crippen LogP contribution in [0.3, 0.4) is 0 Å². The second-order valence-corrected chi connectivity index (χ2v) is 8.09. The number of carbonyl (C=O) groups is 1. The van der Waals surface area contributed by atoms with Gasteiger partial charge in [-0.2, -0.15) is 0 Å². The highest BCUT2D eigenvalue weighted by Gasteiger charge is 2.23. The first kappa shape index (κ1) is 18.8. The van der Waals surface area contributed by atoms with Gasteiger partial charge in [0.25, 0.3) is 0 Å². The molecule has 0 aliphatic carbocycles. The number of sulfonamides is 1. The fraction of sp³-hybridized carbons (Fsp3) is 0.200. The third kappa shape index (κ3) is 4.25. The Labute approximate surface area is 158 Å². The molecule has 1 heterocycles. The number of pyridine rings is 1. The second-order valence-electron chi connectivity index (χ2n) is 6.18. The predicted octanol–water partition coefficient (Wildman–Crippen LogP) is 3.20. The summed E-state index contributed by atoms with van der Waals surface area (Å²) >= 11 is 0. The van der Waals surface area contributed by atoms with Crippen molar-refractivity contribution >= 4 is 38.2 Å². The number of fused-ring (bicyclic) bond motifs is 1. The van der Waals surface area contributed by atoms with Crippen molar-refractivity contribution in [3.63, 3.8) is 0 Å². The number of nitrogens with one attached hydrogen (secondary N) is 1. The molecule has 0 spiro atoms. The number of benzene rings is 2. The molecule has 0 aliphatic rings. The fourth-order valence-corrected chi connectivity index (χ4v) is 3.85. The Morgan fingerprint density at radius 1 is 1.07 bits per heavy atom. The Hall–Kier alpha value is -2.93. The number of carbonyl (C=O) groups excluding carboxylic acids is 1. The summed E-state index contributed by atoms with van der Waals surface area (Å²) < 4.78 is 25.8. The molecule has 0 aliphatic heterocycles. The zero-order chi connectivity index (χ0) is 19.4. The molecule has 1 aromatic heterocycles. The van der Waals surface area contributed by atoms with Gasteiger partial charge in [-0.3, -0.25) is 14.1 Å². The van der Waals surface area contributed by atoms with Gasteiger partial charge < -0.3 is 5.32 Å². The molecule has 7 heteroatoms. The van der Waals surface area contributed by atoms with Crippen molar-refractivity contribution in [1.29, 1.82) is 0 Å². The molecule has 3 aromatic rings. The molecule has 0 bridgehead atoms. The maximum absolute atomic E-state index is 12.6. The maximum atomic E-state index is 12.6. The molecule has 6 nitrogen and oxygen atoms in total. The molecular formula is C20H21N3O3S. The normalized spacial score (nSPS) is 11.3. The van der Waals surface area contributed by atoms with Crippen LogP contribution in [-0.2, 0) is 21.2 Å². The summed E-state index contributed by atoms with van der Waals surface area (Å²) in [6, 6.07) is 16.4. The van der Waals surface area contributed by atoms with Crippen LogP contribution in [0.4, 0.5) is 11.4 Å². The summed E-state index contributed by atoms with van der Waals surface area (Å²) in [5.74, 6) is -0.426. The van der Waals surface area contributed by atoms with Crippen LogP contribution in [0.15, 0.2) is 60.8 Å². The molecule has 0 unspecified atom stereocenters. The van der Waals surface area contributed by atoms with Crippen LogP contribution in [0.2, 0.25) is 0 Å². The zero-order valence-electron chi connectivity index (χ0n) is 15.2. The smallest absolute Gasteiger partial charge is 0.245 e. The molecule has 0 saturated heterocycles. The number of aryl methyl sites for hydroxylation is 1. The Morgan fingerprint density at radius 3 is 2.56 bits per heavy atom. The van der Waals surface area contributed by atoms with E-state index in [-0.39, 0.29) is 6.54 Å². The van der Waals surface area contributed by atoms with Gasteiger partial charge in [-0.25, -0.2) is 8.42 Å². The minimum atomic E-state index is -3.62. The van der Waals surface area contributed by atoms with Gasteiger partial charge in [0.05, 0.1) is 23.1 Å². The number of rotatable bonds is 6. The van der Waals surface area contributed by atoms with Crippen molar-refractivity contribution in [3.8, 4) is 0 Å². The van der Waals surface area contributed by atoms with E-state index in [2.05, 4.69) is 10.3 Å². The number of anilines is 2. The van der Waals surface area contributed by atoms with Gasteiger partial charge in [0, 0.05) is 11.6 Å². The number of hydrogen-bond acceptors (Lipinski definition) is 4. The van der Waals surface area contributed by atoms with E-state index >= 15 is 0 Å². The summed E-state index contributed by atoms with van der Waals surface area (Å²) in [5.41, 5.74) is 2.60. The van der Waals surface area contributed by atoms with Gasteiger partial charge in [0.15, 0.2) is 0 Å². The quantitative estimate of drug-likeness (QED) is 0.709. The van der Waals surface area contributed by atoms with Crippen LogP contribution < -0.4 is 9.62 Å². The second kappa shape index (κ2) is 7.75. The summed E-state index contributed by atoms with van der Waals surface area (Å²) in [6.07, 6.45) is 3.42. The first-order valence-electron chi connectivity index (χ1n) is 8.59. The highest BCUT2D eigenvalue weighted by molar-refractivity contribution is 7.92. The van der Waals surface area contributed by atoms with Gasteiger partial charge in [0.2, 0.25) is 15.9 Å². The molecule has 0 fully saturated rings. The minimum absolute atomic E-state index is 0.306. The Bertz CT molecular complexity index is 1080. The van der Waals surface area contributed by atoms with Crippen LogP contribution in [0.25, 0.3) is 10.9 Å². The summed E-state index contributed by atoms with van der Waals surface area (Å²) in [6.45, 7) is 1.64. The molecular weight excluding hydrogens is 362 g/mol. The van der Waals surface area contributed by atoms with E-state index < -0.39 is 15.9 Å². The topological polar surface area (TPSA) is 79.4 Å². The van der Waals surface area contributed by atoms with Crippen LogP contribution in [-0.4, -0.2) is 32.1 Å². The summed E-state index contributed by atoms with van der Waals surface area (Å²) in [4.78, 5) is 16.9. The monoisotopic (exact) mass is 383 g/mol. The van der Waals surface area contributed by atoms with Crippen LogP contribution >= 0.6 is 0 Å². The molecule has 0 radical (unpaired) electrons. The van der Waals surface area contributed by atoms with Crippen molar-refractivity contribution in [2.75, 3.05) is 22.4 Å². The minimum Gasteiger partial charge on any atom is -0.323 e. The number of para-hydroxylation sites is 2. The van der Waals surface area contributed by atoms with Gasteiger partial charge in [0.1, 0.15) is 6.54 Å². The van der Waals surface area contributed by atoms with Crippen molar-refractivity contribution in [1.82, 2.24) is 4.98 Å². The molecule has 1 N–H and O–H groups in total. The number of aromatic nitrogens is 1. The van der Waals surface area contributed by atoms with E-state index in [1.54, 1.807) is 24.4 Å². The standard InChI is InChI=1S/C20H21N3O3S/c1-3-15-8-4-5-12-18(15)23(27(2,25)26)14-19(24)22-17-11-6-9-16-10-7-13-21-20(16)17/h4-13H,3,14H2,1-2H3,(H,22,24). The lowest BCUT2D eigenvalue weighted by molar-refractivity contribution is -0.114. The molecule has 3 rings (SSSR count). The average Bonchev–Trinajstić information content (AvgIpc) is 2.65. The Morgan fingerprint density at radius 2 is 1.81 bits per heavy atom. The fourth-order valence-electron chi connectivity index (χ4n) is 2.96. The lowest BCUT2D eigenvalue weighted by Crippen LogP contribution is -2.38. The zero-order valence-corrected chi connectivity index (χ0v) is 16.0. The van der Waals surface area contributed by atoms with Crippen molar-refractivity contribution in [2.45, 2.75) is 13.3 Å². The lowest BCUT2D eigenvalue weighted by Gasteiger charge is -2.24. The van der Waals surface area contributed by atoms with Crippen molar-refractivity contribution < 1.29 is 13.2 Å². The van der Waals surface area contributed by atoms with E-state index in [1.807, 2.05) is 43.3 Å². The largest absolute Gasteiger partial charge is 0.323 e. The van der Waals surface area contributed by atoms with Crippen molar-refractivity contribution in [3.05, 3.63) is 66.4 Å². The van der Waals surface area contributed by atoms with Gasteiger partial charge in [-0.05, 0) is 30.2 Å². The third-order valence-corrected chi connectivity index (χ3v) is 5.36. The lowest BCUT2D eigenvalue weighted by atomic mass is 10.1. The van der Waals surface area contributed by atoms with E-state index in [1.165, 1.54) is 0 Å². The summed E-state index contributed by atoms with van der Waals surface area (Å²) in [7, 11) is -3.62. The van der Waals surface area contributed by atoms with Crippen LogP contribution in [0.5, 0.6) is 0 Å². The van der Waals surface area contributed by atoms with E-state index in [4.69, 9.17) is 0 Å². The Balaban J connectivity index is 1.89. The first-order chi connectivity index (χ1) is 12.9. The van der Waals surface area contributed by atoms with Crippen LogP contribution in [0.1, 0.15) is 12.5 Å². The molecule has 2 aromatic carbocycles. The Kier molecular flexibility index (Phi) is 5.41. The van der Waals surface area contributed by atoms with E-state index in [9.17, 15) is 13.2 Å². The molecule has 1 amide bonds. The van der Waals surface area contributed by atoms with E-state index in [0.717, 1.165) is 21.5 Å². The van der Waals surface area contributed by atoms with Gasteiger partial charge >= 0.3 is 0 Å². The number of amides is 1. The van der Waals surface area contributed by atoms with E-state index in [0.29, 0.717) is 23.3 Å². The average molecular weight is 383 g/mol. The molecule has 140 valence electrons. The SMILES string of the molecule is CCc1ccccc1N(CC(=O)Nc1cccc2cccnc12)S(C)(=O)=O. The maximum Gasteiger partial charge on any atom is 0.245 e. The van der Waals surface area contributed by atoms with Gasteiger partial charge in [-0.1, -0.05) is 43.3 Å². The summed E-state index contributed by atoms with van der Waals surface area (Å²) in [5, 5.41) is 3.68. The van der Waals surface area contributed by atoms with Crippen molar-refractivity contribution in [2.24, 2.45) is 0 Å². The van der Waals surface area contributed by atoms with Gasteiger partial charge in [-0.15, -0.1) is 0 Å². The first-order valence-corrected chi connectivity index (χ1v) is 10.4. The molecule has 0 saturated carbocycles. The number of nitrogens with zero attached hydrogens (tertiary/aromatic N) is 2. The highest BCUT2D eigenvalue weighted by Crippen LogP contribution is 2.24. The predicted molar refractivity (Wildman–Crippen MR) is 108 cm³/mol. The van der Waals surface area contributed by atoms with Crippen LogP contribution in [0, 0.1) is 0 Å². The molecule has 27 heavy (non-hydrogen) atoms. The molecule has 0 atom stereocenters.